The molecule has 8 heteroatoms. The first kappa shape index (κ1) is 59.9. The van der Waals surface area contributed by atoms with Crippen LogP contribution in [0, 0.1) is 0 Å². The van der Waals surface area contributed by atoms with Gasteiger partial charge in [-0.3, -0.25) is 0 Å². The van der Waals surface area contributed by atoms with Gasteiger partial charge in [0.05, 0.1) is 89.7 Å². The summed E-state index contributed by atoms with van der Waals surface area (Å²) in [6, 6.07) is 123. The number of nitrogens with zero attached hydrogens (tertiary/aromatic N) is 8. The molecule has 13 aromatic carbocycles. The fraction of sp³-hybridized carbons (Fsp3) is 0. The summed E-state index contributed by atoms with van der Waals surface area (Å²) in [6.45, 7) is 0. The minimum Gasteiger partial charge on any atom is -0.248 e. The van der Waals surface area contributed by atoms with Gasteiger partial charge in [0.15, 0.2) is 0 Å². The first-order valence-electron chi connectivity index (χ1n) is 35.0. The Morgan fingerprint density at radius 3 is 0.904 bits per heavy atom. The average Bonchev–Trinajstić information content (AvgIpc) is 0.774. The Bertz CT molecular complexity index is 7060. The van der Waals surface area contributed by atoms with Gasteiger partial charge in [0.25, 0.3) is 0 Å². The molecule has 0 saturated carbocycles. The third kappa shape index (κ3) is 11.0. The maximum atomic E-state index is 5.21. The second-order valence-electron chi connectivity index (χ2n) is 26.6. The van der Waals surface area contributed by atoms with Crippen LogP contribution in [-0.4, -0.2) is 39.9 Å². The Hall–Kier alpha value is -14.1. The molecule has 21 rings (SSSR count). The van der Waals surface area contributed by atoms with E-state index in [2.05, 4.69) is 303 Å². The third-order valence-corrected chi connectivity index (χ3v) is 20.2. The van der Waals surface area contributed by atoms with Gasteiger partial charge in [-0.25, -0.2) is 39.9 Å². The molecule has 8 nitrogen and oxygen atoms in total. The quantitative estimate of drug-likeness (QED) is 0.139. The summed E-state index contributed by atoms with van der Waals surface area (Å²) < 4.78 is 0. The molecule has 0 radical (unpaired) electrons. The van der Waals surface area contributed by atoms with E-state index < -0.39 is 0 Å². The number of aromatic nitrogens is 8. The first-order valence-corrected chi connectivity index (χ1v) is 35.0. The highest BCUT2D eigenvalue weighted by atomic mass is 14.8. The molecule has 0 amide bonds. The van der Waals surface area contributed by atoms with Gasteiger partial charge < -0.3 is 0 Å². The van der Waals surface area contributed by atoms with Crippen LogP contribution in [0.5, 0.6) is 0 Å². The van der Waals surface area contributed by atoms with E-state index in [4.69, 9.17) is 39.9 Å². The molecule has 0 spiro atoms. The van der Waals surface area contributed by atoms with Gasteiger partial charge in [-0.05, 0) is 140 Å². The molecule has 0 N–H and O–H groups in total. The van der Waals surface area contributed by atoms with E-state index in [0.717, 1.165) is 166 Å². The van der Waals surface area contributed by atoms with Gasteiger partial charge >= 0.3 is 0 Å². The second kappa shape index (κ2) is 25.0. The molecule has 0 saturated heterocycles. The predicted molar refractivity (Wildman–Crippen MR) is 431 cm³/mol. The van der Waals surface area contributed by atoms with E-state index in [1.165, 1.54) is 43.4 Å². The first-order chi connectivity index (χ1) is 51.4. The van der Waals surface area contributed by atoms with Gasteiger partial charge in [0, 0.05) is 65.3 Å². The minimum absolute atomic E-state index is 0.812. The lowest BCUT2D eigenvalue weighted by Gasteiger charge is -2.12. The zero-order valence-electron chi connectivity index (χ0n) is 56.1. The average molecular weight is 1320 g/mol. The fourth-order valence-corrected chi connectivity index (χ4v) is 14.8. The van der Waals surface area contributed by atoms with E-state index in [-0.39, 0.29) is 0 Å². The summed E-state index contributed by atoms with van der Waals surface area (Å²) in [6.07, 6.45) is 0. The highest BCUT2D eigenvalue weighted by Gasteiger charge is 2.17. The van der Waals surface area contributed by atoms with Crippen LogP contribution in [-0.2, 0) is 0 Å². The van der Waals surface area contributed by atoms with Crippen molar-refractivity contribution in [2.75, 3.05) is 0 Å². The number of rotatable bonds is 8. The molecule has 8 heterocycles. The van der Waals surface area contributed by atoms with E-state index >= 15 is 0 Å². The molecule has 0 unspecified atom stereocenters. The highest BCUT2D eigenvalue weighted by Crippen LogP contribution is 2.39. The van der Waals surface area contributed by atoms with Crippen molar-refractivity contribution < 1.29 is 0 Å². The Morgan fingerprint density at radius 2 is 0.423 bits per heavy atom. The lowest BCUT2D eigenvalue weighted by molar-refractivity contribution is 1.31. The topological polar surface area (TPSA) is 103 Å². The van der Waals surface area contributed by atoms with E-state index in [1.807, 2.05) is 48.5 Å². The van der Waals surface area contributed by atoms with Gasteiger partial charge in [-0.15, -0.1) is 0 Å². The monoisotopic (exact) mass is 1320 g/mol. The summed E-state index contributed by atoms with van der Waals surface area (Å²) in [5, 5.41) is 16.0. The third-order valence-electron chi connectivity index (χ3n) is 20.2. The van der Waals surface area contributed by atoms with Crippen LogP contribution in [0.1, 0.15) is 0 Å². The summed E-state index contributed by atoms with van der Waals surface area (Å²) in [4.78, 5) is 41.0. The maximum absolute atomic E-state index is 5.21. The molecular formula is C96H58N8. The maximum Gasteiger partial charge on any atom is 0.0973 e. The van der Waals surface area contributed by atoms with Crippen molar-refractivity contribution in [2.45, 2.75) is 0 Å². The van der Waals surface area contributed by atoms with Crippen molar-refractivity contribution in [3.05, 3.63) is 352 Å². The number of pyridine rings is 8. The summed E-state index contributed by atoms with van der Waals surface area (Å²) in [5.74, 6) is 0. The minimum atomic E-state index is 0.812. The fourth-order valence-electron chi connectivity index (χ4n) is 14.8. The Morgan fingerprint density at radius 1 is 0.135 bits per heavy atom. The molecule has 8 aromatic heterocycles. The number of fused-ring (bicyclic) bond motifs is 14. The lowest BCUT2D eigenvalue weighted by atomic mass is 9.93. The van der Waals surface area contributed by atoms with Crippen LogP contribution in [0.3, 0.4) is 0 Å². The van der Waals surface area contributed by atoms with Crippen molar-refractivity contribution in [1.29, 1.82) is 0 Å². The molecular weight excluding hydrogens is 1270 g/mol. The van der Waals surface area contributed by atoms with Gasteiger partial charge in [0.1, 0.15) is 0 Å². The van der Waals surface area contributed by atoms with Crippen LogP contribution < -0.4 is 0 Å². The highest BCUT2D eigenvalue weighted by molar-refractivity contribution is 6.14. The standard InChI is InChI=1S/C50H30N4.C46H28N4/c1-2-8-31(9-3-1)43-25-22-34-16-17-35-23-27-46(54-50(35)49(34)53-43)45-26-21-33-15-19-38(30-48(33)52-45)44-24-20-32-14-18-37(29-47(32)51-44)42-28-36-10-4-5-11-39(36)40-12-6-7-13-41(40)42;1-2-7-30(8-3-1)39-23-20-33-13-14-34-21-25-42(50-46(34)45(33)49-39)41-24-19-32-12-17-38(28-44(32)48-41)40-22-18-31-11-16-37(27-43(31)47-40)36-15-10-29-6-4-5-9-35(29)26-36/h1-30H;1-28H. The van der Waals surface area contributed by atoms with Crippen LogP contribution in [0.15, 0.2) is 352 Å². The SMILES string of the molecule is c1ccc(-c2ccc3ccc4ccc(-c5ccc6ccc(-c7ccc8ccc(-c9cc%10ccccc%10c%10ccccc9%10)cc8n7)cc6n5)nc4c3n2)cc1.c1ccc(-c2ccc3ccc4ccc(-c5ccc6ccc(-c7ccc8ccc(-c9ccc%10ccccc%10c9)cc8n7)cc6n5)nc4c3n2)cc1. The predicted octanol–water partition coefficient (Wildman–Crippen LogP) is 24.6. The molecule has 0 aliphatic rings. The number of benzene rings is 13. The summed E-state index contributed by atoms with van der Waals surface area (Å²) >= 11 is 0. The second-order valence-corrected chi connectivity index (χ2v) is 26.6. The van der Waals surface area contributed by atoms with Crippen LogP contribution in [0.4, 0.5) is 0 Å². The van der Waals surface area contributed by atoms with Crippen molar-refractivity contribution in [3.63, 3.8) is 0 Å². The van der Waals surface area contributed by atoms with Crippen molar-refractivity contribution in [3.8, 4) is 90.1 Å². The molecule has 104 heavy (non-hydrogen) atoms. The van der Waals surface area contributed by atoms with Crippen molar-refractivity contribution in [2.24, 2.45) is 0 Å². The molecule has 0 fully saturated rings. The zero-order valence-corrected chi connectivity index (χ0v) is 56.1. The lowest BCUT2D eigenvalue weighted by Crippen LogP contribution is -1.93. The van der Waals surface area contributed by atoms with Gasteiger partial charge in [0.2, 0.25) is 0 Å². The Balaban J connectivity index is 0.000000139. The Labute approximate surface area is 597 Å². The van der Waals surface area contributed by atoms with E-state index in [9.17, 15) is 0 Å². The van der Waals surface area contributed by atoms with Crippen LogP contribution in [0.25, 0.3) is 210 Å². The van der Waals surface area contributed by atoms with Gasteiger partial charge in [-0.1, -0.05) is 267 Å². The molecule has 0 atom stereocenters. The molecule has 21 aromatic rings. The molecule has 0 bridgehead atoms. The van der Waals surface area contributed by atoms with E-state index in [0.29, 0.717) is 0 Å². The molecule has 0 aliphatic carbocycles. The summed E-state index contributed by atoms with van der Waals surface area (Å²) in [5.41, 5.74) is 23.1. The smallest absolute Gasteiger partial charge is 0.0973 e. The molecule has 482 valence electrons. The Kier molecular flexibility index (Phi) is 14.4. The number of hydrogen-bond acceptors (Lipinski definition) is 8. The van der Waals surface area contributed by atoms with E-state index in [1.54, 1.807) is 0 Å². The van der Waals surface area contributed by atoms with Crippen LogP contribution in [0.2, 0.25) is 0 Å². The largest absolute Gasteiger partial charge is 0.248 e. The number of hydrogen-bond donors (Lipinski definition) is 0. The van der Waals surface area contributed by atoms with Crippen molar-refractivity contribution >= 4 is 120 Å². The van der Waals surface area contributed by atoms with Crippen LogP contribution >= 0.6 is 0 Å². The zero-order chi connectivity index (χ0) is 68.6. The molecule has 0 aliphatic heterocycles. The van der Waals surface area contributed by atoms with Gasteiger partial charge in [-0.2, -0.15) is 0 Å². The normalized spacial score (nSPS) is 11.7. The summed E-state index contributed by atoms with van der Waals surface area (Å²) in [7, 11) is 0. The van der Waals surface area contributed by atoms with Crippen molar-refractivity contribution in [1.82, 2.24) is 39.9 Å².